The van der Waals surface area contributed by atoms with Crippen LogP contribution in [0.1, 0.15) is 5.56 Å². The Morgan fingerprint density at radius 1 is 0.941 bits per heavy atom. The summed E-state index contributed by atoms with van der Waals surface area (Å²) < 4.78 is 5.14. The SMILES string of the molecule is COc1ccc(CC[Si]c2ccccc2)cc1. The van der Waals surface area contributed by atoms with Crippen LogP contribution in [0.3, 0.4) is 0 Å². The van der Waals surface area contributed by atoms with E-state index in [2.05, 4.69) is 42.5 Å². The second-order valence-electron chi connectivity index (χ2n) is 3.89. The average molecular weight is 240 g/mol. The molecule has 0 amide bonds. The zero-order valence-electron chi connectivity index (χ0n) is 10.0. The van der Waals surface area contributed by atoms with E-state index < -0.39 is 0 Å². The fraction of sp³-hybridized carbons (Fsp3) is 0.200. The summed E-state index contributed by atoms with van der Waals surface area (Å²) in [5, 5.41) is 1.45. The maximum Gasteiger partial charge on any atom is 0.118 e. The molecule has 2 heteroatoms. The molecule has 0 fully saturated rings. The van der Waals surface area contributed by atoms with Gasteiger partial charge in [-0.25, -0.2) is 0 Å². The van der Waals surface area contributed by atoms with Gasteiger partial charge in [-0.1, -0.05) is 53.7 Å². The van der Waals surface area contributed by atoms with Gasteiger partial charge >= 0.3 is 0 Å². The lowest BCUT2D eigenvalue weighted by Gasteiger charge is -2.03. The Kier molecular flexibility index (Phi) is 4.39. The molecule has 0 saturated heterocycles. The van der Waals surface area contributed by atoms with Gasteiger partial charge in [0.05, 0.1) is 16.6 Å². The van der Waals surface area contributed by atoms with Gasteiger partial charge in [0.1, 0.15) is 5.75 Å². The minimum absolute atomic E-state index is 0.896. The molecule has 0 spiro atoms. The van der Waals surface area contributed by atoms with Crippen molar-refractivity contribution < 1.29 is 4.74 Å². The predicted molar refractivity (Wildman–Crippen MR) is 73.3 cm³/mol. The molecule has 0 saturated carbocycles. The van der Waals surface area contributed by atoms with E-state index in [4.69, 9.17) is 4.74 Å². The molecule has 0 aromatic heterocycles. The Morgan fingerprint density at radius 3 is 2.29 bits per heavy atom. The molecule has 17 heavy (non-hydrogen) atoms. The number of hydrogen-bond acceptors (Lipinski definition) is 1. The van der Waals surface area contributed by atoms with E-state index in [1.165, 1.54) is 16.8 Å². The van der Waals surface area contributed by atoms with Crippen LogP contribution >= 0.6 is 0 Å². The first kappa shape index (κ1) is 11.9. The maximum atomic E-state index is 5.14. The van der Waals surface area contributed by atoms with Gasteiger partial charge in [0.2, 0.25) is 0 Å². The maximum absolute atomic E-state index is 5.14. The third-order valence-corrected chi connectivity index (χ3v) is 3.92. The lowest BCUT2D eigenvalue weighted by Crippen LogP contribution is -2.13. The Morgan fingerprint density at radius 2 is 1.65 bits per heavy atom. The third-order valence-electron chi connectivity index (χ3n) is 2.68. The number of hydrogen-bond donors (Lipinski definition) is 0. The minimum atomic E-state index is 0.896. The van der Waals surface area contributed by atoms with Crippen molar-refractivity contribution in [3.8, 4) is 5.75 Å². The summed E-state index contributed by atoms with van der Waals surface area (Å²) in [6.45, 7) is 0. The van der Waals surface area contributed by atoms with Crippen molar-refractivity contribution in [1.29, 1.82) is 0 Å². The van der Waals surface area contributed by atoms with Crippen LogP contribution in [0.15, 0.2) is 54.6 Å². The Balaban J connectivity index is 1.82. The summed E-state index contributed by atoms with van der Waals surface area (Å²) >= 11 is 0. The second-order valence-corrected chi connectivity index (χ2v) is 5.32. The number of benzene rings is 2. The standard InChI is InChI=1S/C15H16OSi/c1-16-14-9-7-13(8-10-14)11-12-17-15-5-3-2-4-6-15/h2-10H,11-12H2,1H3. The monoisotopic (exact) mass is 240 g/mol. The fourth-order valence-corrected chi connectivity index (χ4v) is 2.83. The molecule has 0 bridgehead atoms. The molecule has 0 N–H and O–H groups in total. The average Bonchev–Trinajstić information content (AvgIpc) is 2.41. The van der Waals surface area contributed by atoms with Crippen LogP contribution in [0.5, 0.6) is 5.75 Å². The zero-order chi connectivity index (χ0) is 11.9. The van der Waals surface area contributed by atoms with Crippen LogP contribution in [0.4, 0.5) is 0 Å². The van der Waals surface area contributed by atoms with Crippen LogP contribution in [0.2, 0.25) is 6.04 Å². The number of ether oxygens (including phenoxy) is 1. The molecule has 2 aromatic rings. The van der Waals surface area contributed by atoms with E-state index in [0.29, 0.717) is 0 Å². The van der Waals surface area contributed by atoms with E-state index in [9.17, 15) is 0 Å². The fourth-order valence-electron chi connectivity index (χ4n) is 1.70. The highest BCUT2D eigenvalue weighted by molar-refractivity contribution is 6.53. The summed E-state index contributed by atoms with van der Waals surface area (Å²) in [4.78, 5) is 0. The van der Waals surface area contributed by atoms with Crippen LogP contribution < -0.4 is 9.92 Å². The van der Waals surface area contributed by atoms with Crippen molar-refractivity contribution in [2.45, 2.75) is 12.5 Å². The molecule has 86 valence electrons. The number of rotatable bonds is 5. The van der Waals surface area contributed by atoms with Crippen molar-refractivity contribution in [1.82, 2.24) is 0 Å². The largest absolute Gasteiger partial charge is 0.497 e. The molecule has 0 aliphatic heterocycles. The van der Waals surface area contributed by atoms with Crippen molar-refractivity contribution in [3.05, 3.63) is 60.2 Å². The highest BCUT2D eigenvalue weighted by Gasteiger charge is 1.97. The summed E-state index contributed by atoms with van der Waals surface area (Å²) in [7, 11) is 2.60. The molecule has 0 aliphatic carbocycles. The number of methoxy groups -OCH3 is 1. The van der Waals surface area contributed by atoms with Crippen LogP contribution in [0, 0.1) is 0 Å². The van der Waals surface area contributed by atoms with Gasteiger partial charge < -0.3 is 4.74 Å². The summed E-state index contributed by atoms with van der Waals surface area (Å²) in [6.07, 6.45) is 1.14. The molecular formula is C15H16OSi. The first-order chi connectivity index (χ1) is 8.38. The zero-order valence-corrected chi connectivity index (χ0v) is 11.0. The lowest BCUT2D eigenvalue weighted by molar-refractivity contribution is 0.414. The van der Waals surface area contributed by atoms with E-state index in [0.717, 1.165) is 21.7 Å². The minimum Gasteiger partial charge on any atom is -0.497 e. The highest BCUT2D eigenvalue weighted by atomic mass is 28.2. The Labute approximate surface area is 105 Å². The smallest absolute Gasteiger partial charge is 0.118 e. The normalized spacial score (nSPS) is 10.2. The van der Waals surface area contributed by atoms with Gasteiger partial charge in [-0.05, 0) is 24.1 Å². The van der Waals surface area contributed by atoms with E-state index in [-0.39, 0.29) is 0 Å². The van der Waals surface area contributed by atoms with E-state index in [1.54, 1.807) is 7.11 Å². The van der Waals surface area contributed by atoms with Gasteiger partial charge in [0.25, 0.3) is 0 Å². The topological polar surface area (TPSA) is 9.23 Å². The summed E-state index contributed by atoms with van der Waals surface area (Å²) in [5.41, 5.74) is 1.38. The van der Waals surface area contributed by atoms with Crippen molar-refractivity contribution in [3.63, 3.8) is 0 Å². The first-order valence-electron chi connectivity index (χ1n) is 5.80. The van der Waals surface area contributed by atoms with Crippen LogP contribution in [-0.4, -0.2) is 16.6 Å². The quantitative estimate of drug-likeness (QED) is 0.730. The predicted octanol–water partition coefficient (Wildman–Crippen LogP) is 2.69. The molecule has 0 unspecified atom stereocenters. The van der Waals surface area contributed by atoms with Gasteiger partial charge in [-0.3, -0.25) is 0 Å². The van der Waals surface area contributed by atoms with E-state index in [1.807, 2.05) is 12.1 Å². The van der Waals surface area contributed by atoms with Crippen LogP contribution in [-0.2, 0) is 6.42 Å². The molecule has 0 atom stereocenters. The molecule has 0 aliphatic rings. The van der Waals surface area contributed by atoms with Crippen molar-refractivity contribution >= 4 is 14.7 Å². The van der Waals surface area contributed by atoms with Crippen LogP contribution in [0.25, 0.3) is 0 Å². The Bertz CT molecular complexity index is 436. The molecular weight excluding hydrogens is 224 g/mol. The number of aryl methyl sites for hydroxylation is 1. The first-order valence-corrected chi connectivity index (χ1v) is 7.01. The Hall–Kier alpha value is -1.54. The molecule has 2 rings (SSSR count). The summed E-state index contributed by atoms with van der Waals surface area (Å²) in [5.74, 6) is 0.930. The van der Waals surface area contributed by atoms with Crippen molar-refractivity contribution in [2.24, 2.45) is 0 Å². The van der Waals surface area contributed by atoms with Crippen molar-refractivity contribution in [2.75, 3.05) is 7.11 Å². The van der Waals surface area contributed by atoms with E-state index >= 15 is 0 Å². The molecule has 2 radical (unpaired) electrons. The highest BCUT2D eigenvalue weighted by Crippen LogP contribution is 2.12. The third kappa shape index (κ3) is 3.75. The molecule has 2 aromatic carbocycles. The van der Waals surface area contributed by atoms with Gasteiger partial charge in [0, 0.05) is 0 Å². The molecule has 0 heterocycles. The lowest BCUT2D eigenvalue weighted by atomic mass is 10.2. The molecule has 1 nitrogen and oxygen atoms in total. The van der Waals surface area contributed by atoms with Gasteiger partial charge in [-0.2, -0.15) is 0 Å². The second kappa shape index (κ2) is 6.26. The van der Waals surface area contributed by atoms with Gasteiger partial charge in [0.15, 0.2) is 0 Å². The van der Waals surface area contributed by atoms with Gasteiger partial charge in [-0.15, -0.1) is 0 Å². The summed E-state index contributed by atoms with van der Waals surface area (Å²) in [6, 6.07) is 20.3.